The van der Waals surface area contributed by atoms with Crippen molar-refractivity contribution in [3.8, 4) is 5.75 Å². The highest BCUT2D eigenvalue weighted by atomic mass is 16.5. The molecule has 1 fully saturated rings. The van der Waals surface area contributed by atoms with Gasteiger partial charge in [-0.25, -0.2) is 0 Å². The first-order valence-corrected chi connectivity index (χ1v) is 7.05. The summed E-state index contributed by atoms with van der Waals surface area (Å²) >= 11 is 0. The van der Waals surface area contributed by atoms with Gasteiger partial charge in [0, 0.05) is 12.6 Å². The Morgan fingerprint density at radius 2 is 2.26 bits per heavy atom. The summed E-state index contributed by atoms with van der Waals surface area (Å²) in [5.74, 6) is 0.992. The Bertz CT molecular complexity index is 455. The summed E-state index contributed by atoms with van der Waals surface area (Å²) in [7, 11) is 0. The Labute approximate surface area is 113 Å². The lowest BCUT2D eigenvalue weighted by Crippen LogP contribution is -2.49. The minimum atomic E-state index is -0.0585. The van der Waals surface area contributed by atoms with Gasteiger partial charge in [0.1, 0.15) is 12.4 Å². The van der Waals surface area contributed by atoms with E-state index in [9.17, 15) is 4.79 Å². The largest absolute Gasteiger partial charge is 0.492 e. The fourth-order valence-corrected chi connectivity index (χ4v) is 2.79. The van der Waals surface area contributed by atoms with Gasteiger partial charge in [-0.1, -0.05) is 18.2 Å². The second kappa shape index (κ2) is 5.61. The molecule has 0 saturated carbocycles. The molecule has 1 aromatic rings. The molecule has 1 amide bonds. The summed E-state index contributed by atoms with van der Waals surface area (Å²) in [6, 6.07) is 8.24. The van der Waals surface area contributed by atoms with E-state index in [0.29, 0.717) is 6.61 Å². The molecule has 19 heavy (non-hydrogen) atoms. The Balaban J connectivity index is 1.59. The van der Waals surface area contributed by atoms with Crippen molar-refractivity contribution in [2.24, 2.45) is 5.92 Å². The molecule has 2 N–H and O–H groups in total. The normalized spacial score (nSPS) is 26.1. The first-order valence-electron chi connectivity index (χ1n) is 7.05. The monoisotopic (exact) mass is 260 g/mol. The van der Waals surface area contributed by atoms with Crippen LogP contribution in [0.3, 0.4) is 0 Å². The molecule has 2 aliphatic heterocycles. The molecule has 1 aromatic carbocycles. The molecule has 0 bridgehead atoms. The van der Waals surface area contributed by atoms with Gasteiger partial charge in [-0.3, -0.25) is 4.79 Å². The average molecular weight is 260 g/mol. The Hall–Kier alpha value is -1.55. The minimum Gasteiger partial charge on any atom is -0.492 e. The molecular weight excluding hydrogens is 240 g/mol. The molecule has 0 spiro atoms. The maximum absolute atomic E-state index is 12.3. The zero-order chi connectivity index (χ0) is 13.1. The number of hydrogen-bond acceptors (Lipinski definition) is 3. The van der Waals surface area contributed by atoms with Crippen molar-refractivity contribution >= 4 is 5.91 Å². The minimum absolute atomic E-state index is 0.0585. The van der Waals surface area contributed by atoms with Crippen molar-refractivity contribution < 1.29 is 9.53 Å². The van der Waals surface area contributed by atoms with E-state index in [1.165, 1.54) is 0 Å². The third-order valence-electron chi connectivity index (χ3n) is 3.89. The maximum atomic E-state index is 12.3. The number of carbonyl (C=O) groups is 1. The van der Waals surface area contributed by atoms with Crippen LogP contribution in [0.1, 0.15) is 18.4 Å². The number of nitrogens with one attached hydrogen (secondary N) is 2. The molecule has 2 atom stereocenters. The van der Waals surface area contributed by atoms with Crippen LogP contribution in [-0.4, -0.2) is 31.6 Å². The van der Waals surface area contributed by atoms with Gasteiger partial charge in [-0.15, -0.1) is 0 Å². The topological polar surface area (TPSA) is 50.4 Å². The van der Waals surface area contributed by atoms with Crippen LogP contribution in [0.2, 0.25) is 0 Å². The van der Waals surface area contributed by atoms with Crippen molar-refractivity contribution in [1.82, 2.24) is 10.6 Å². The van der Waals surface area contributed by atoms with Crippen LogP contribution >= 0.6 is 0 Å². The van der Waals surface area contributed by atoms with E-state index in [2.05, 4.69) is 10.6 Å². The van der Waals surface area contributed by atoms with Gasteiger partial charge >= 0.3 is 0 Å². The summed E-state index contributed by atoms with van der Waals surface area (Å²) in [6.07, 6.45) is 2.99. The number of piperidine rings is 1. The highest BCUT2D eigenvalue weighted by Crippen LogP contribution is 2.26. The molecule has 2 unspecified atom stereocenters. The molecule has 2 heterocycles. The van der Waals surface area contributed by atoms with Gasteiger partial charge in [0.15, 0.2) is 0 Å². The van der Waals surface area contributed by atoms with E-state index in [1.807, 2.05) is 24.3 Å². The zero-order valence-corrected chi connectivity index (χ0v) is 11.0. The predicted molar refractivity (Wildman–Crippen MR) is 73.2 cm³/mol. The van der Waals surface area contributed by atoms with E-state index in [4.69, 9.17) is 4.74 Å². The lowest BCUT2D eigenvalue weighted by molar-refractivity contribution is -0.127. The summed E-state index contributed by atoms with van der Waals surface area (Å²) in [5.41, 5.74) is 1.13. The van der Waals surface area contributed by atoms with Crippen LogP contribution < -0.4 is 15.4 Å². The van der Waals surface area contributed by atoms with Gasteiger partial charge < -0.3 is 15.4 Å². The van der Waals surface area contributed by atoms with Crippen LogP contribution in [0.25, 0.3) is 0 Å². The molecule has 4 heteroatoms. The van der Waals surface area contributed by atoms with Crippen molar-refractivity contribution in [3.05, 3.63) is 29.8 Å². The standard InChI is InChI=1S/C15H20N2O2/c18-15(17-13-5-3-7-16-9-13)12-8-11-4-1-2-6-14(11)19-10-12/h1-2,4,6,12-13,16H,3,5,7-10H2,(H,17,18). The molecule has 1 saturated heterocycles. The molecule has 0 radical (unpaired) electrons. The predicted octanol–water partition coefficient (Wildman–Crippen LogP) is 1.11. The van der Waals surface area contributed by atoms with E-state index in [1.54, 1.807) is 0 Å². The highest BCUT2D eigenvalue weighted by Gasteiger charge is 2.27. The molecule has 2 aliphatic rings. The first kappa shape index (κ1) is 12.5. The van der Waals surface area contributed by atoms with Crippen LogP contribution in [-0.2, 0) is 11.2 Å². The Kier molecular flexibility index (Phi) is 3.69. The highest BCUT2D eigenvalue weighted by molar-refractivity contribution is 5.80. The number of amides is 1. The number of fused-ring (bicyclic) bond motifs is 1. The van der Waals surface area contributed by atoms with Crippen molar-refractivity contribution in [2.45, 2.75) is 25.3 Å². The van der Waals surface area contributed by atoms with E-state index in [-0.39, 0.29) is 17.9 Å². The summed E-state index contributed by atoms with van der Waals surface area (Å²) in [4.78, 5) is 12.3. The van der Waals surface area contributed by atoms with Crippen molar-refractivity contribution in [1.29, 1.82) is 0 Å². The number of rotatable bonds is 2. The quantitative estimate of drug-likeness (QED) is 0.837. The van der Waals surface area contributed by atoms with E-state index >= 15 is 0 Å². The Morgan fingerprint density at radius 1 is 1.37 bits per heavy atom. The van der Waals surface area contributed by atoms with E-state index < -0.39 is 0 Å². The summed E-state index contributed by atoms with van der Waals surface area (Å²) in [6.45, 7) is 2.44. The number of carbonyl (C=O) groups excluding carboxylic acids is 1. The van der Waals surface area contributed by atoms with Crippen LogP contribution in [0, 0.1) is 5.92 Å². The third-order valence-corrected chi connectivity index (χ3v) is 3.89. The number of benzene rings is 1. The number of ether oxygens (including phenoxy) is 1. The van der Waals surface area contributed by atoms with E-state index in [0.717, 1.165) is 43.7 Å². The van der Waals surface area contributed by atoms with Crippen LogP contribution in [0.15, 0.2) is 24.3 Å². The van der Waals surface area contributed by atoms with Crippen molar-refractivity contribution in [2.75, 3.05) is 19.7 Å². The van der Waals surface area contributed by atoms with Gasteiger partial charge in [-0.2, -0.15) is 0 Å². The lowest BCUT2D eigenvalue weighted by atomic mass is 9.95. The molecule has 4 nitrogen and oxygen atoms in total. The van der Waals surface area contributed by atoms with Crippen LogP contribution in [0.5, 0.6) is 5.75 Å². The fraction of sp³-hybridized carbons (Fsp3) is 0.533. The number of para-hydroxylation sites is 1. The molecule has 3 rings (SSSR count). The first-order chi connectivity index (χ1) is 9.33. The lowest BCUT2D eigenvalue weighted by Gasteiger charge is -2.28. The Morgan fingerprint density at radius 3 is 3.11 bits per heavy atom. The zero-order valence-electron chi connectivity index (χ0n) is 11.0. The average Bonchev–Trinajstić information content (AvgIpc) is 2.48. The van der Waals surface area contributed by atoms with Gasteiger partial charge in [-0.05, 0) is 37.4 Å². The third kappa shape index (κ3) is 2.89. The second-order valence-electron chi connectivity index (χ2n) is 5.37. The fourth-order valence-electron chi connectivity index (χ4n) is 2.79. The van der Waals surface area contributed by atoms with Gasteiger partial charge in [0.05, 0.1) is 5.92 Å². The molecule has 0 aliphatic carbocycles. The molecule has 102 valence electrons. The SMILES string of the molecule is O=C(NC1CCCNC1)C1COc2ccccc2C1. The molecular formula is C15H20N2O2. The molecule has 0 aromatic heterocycles. The maximum Gasteiger partial charge on any atom is 0.227 e. The van der Waals surface area contributed by atoms with Crippen LogP contribution in [0.4, 0.5) is 0 Å². The van der Waals surface area contributed by atoms with Gasteiger partial charge in [0.25, 0.3) is 0 Å². The smallest absolute Gasteiger partial charge is 0.227 e. The van der Waals surface area contributed by atoms with Gasteiger partial charge in [0.2, 0.25) is 5.91 Å². The summed E-state index contributed by atoms with van der Waals surface area (Å²) < 4.78 is 5.67. The second-order valence-corrected chi connectivity index (χ2v) is 5.37. The summed E-state index contributed by atoms with van der Waals surface area (Å²) in [5, 5.41) is 6.45. The van der Waals surface area contributed by atoms with Crippen molar-refractivity contribution in [3.63, 3.8) is 0 Å². The number of hydrogen-bond donors (Lipinski definition) is 2.